The number of hydrogen-bond acceptors (Lipinski definition) is 7. The summed E-state index contributed by atoms with van der Waals surface area (Å²) in [6.07, 6.45) is 0.584. The number of aliphatic hydroxyl groups is 1. The van der Waals surface area contributed by atoms with Gasteiger partial charge in [-0.05, 0) is 57.4 Å². The molecule has 0 aromatic heterocycles. The number of nitrogens with zero attached hydrogens (tertiary/aromatic N) is 2. The second kappa shape index (κ2) is 11.1. The maximum absolute atomic E-state index is 14.0. The molecule has 204 valence electrons. The molecular weight excluding hydrogens is 558 g/mol. The minimum absolute atomic E-state index is 0.0220. The third kappa shape index (κ3) is 4.67. The van der Waals surface area contributed by atoms with Crippen LogP contribution in [0.4, 0.5) is 11.4 Å². The van der Waals surface area contributed by atoms with E-state index in [4.69, 9.17) is 4.74 Å². The van der Waals surface area contributed by atoms with E-state index in [2.05, 4.69) is 40.0 Å². The van der Waals surface area contributed by atoms with E-state index in [1.165, 1.54) is 0 Å². The highest BCUT2D eigenvalue weighted by atomic mass is 79.9. The Labute approximate surface area is 232 Å². The Morgan fingerprint density at radius 2 is 1.89 bits per heavy atom. The monoisotopic (exact) mass is 595 g/mol. The third-order valence-corrected chi connectivity index (χ3v) is 11.3. The molecule has 3 aliphatic heterocycles. The van der Waals surface area contributed by atoms with Crippen molar-refractivity contribution in [1.82, 2.24) is 4.90 Å². The lowest BCUT2D eigenvalue weighted by Gasteiger charge is -2.38. The van der Waals surface area contributed by atoms with Gasteiger partial charge in [0.2, 0.25) is 11.8 Å². The molecule has 10 heteroatoms. The first-order chi connectivity index (χ1) is 17.6. The summed E-state index contributed by atoms with van der Waals surface area (Å²) in [7, 11) is 0. The number of aliphatic hydroxyl groups excluding tert-OH is 1. The second-order valence-electron chi connectivity index (χ2n) is 10.4. The topological polar surface area (TPSA) is 99.2 Å². The van der Waals surface area contributed by atoms with Gasteiger partial charge in [0.1, 0.15) is 6.04 Å². The van der Waals surface area contributed by atoms with Crippen LogP contribution in [-0.2, 0) is 19.1 Å². The molecule has 2 N–H and O–H groups in total. The van der Waals surface area contributed by atoms with Crippen LogP contribution in [0.2, 0.25) is 0 Å². The molecule has 2 bridgehead atoms. The summed E-state index contributed by atoms with van der Waals surface area (Å²) in [5.41, 5.74) is 1.72. The van der Waals surface area contributed by atoms with Crippen molar-refractivity contribution in [2.75, 3.05) is 36.5 Å². The number of carbonyl (C=O) groups excluding carboxylic acids is 3. The van der Waals surface area contributed by atoms with E-state index in [0.29, 0.717) is 12.1 Å². The smallest absolute Gasteiger partial charge is 0.310 e. The highest BCUT2D eigenvalue weighted by molar-refractivity contribution is 9.09. The van der Waals surface area contributed by atoms with Crippen LogP contribution in [0.15, 0.2) is 24.3 Å². The van der Waals surface area contributed by atoms with Crippen LogP contribution >= 0.6 is 27.7 Å². The van der Waals surface area contributed by atoms with Gasteiger partial charge < -0.3 is 25.0 Å². The Morgan fingerprint density at radius 1 is 1.24 bits per heavy atom. The number of amides is 2. The number of nitrogens with one attached hydrogen (secondary N) is 1. The lowest BCUT2D eigenvalue weighted by atomic mass is 9.71. The third-order valence-electron chi connectivity index (χ3n) is 8.11. The summed E-state index contributed by atoms with van der Waals surface area (Å²) in [5.74, 6) is -2.28. The number of hydrogen-bond donors (Lipinski definition) is 2. The van der Waals surface area contributed by atoms with Gasteiger partial charge in [0.25, 0.3) is 0 Å². The lowest BCUT2D eigenvalue weighted by molar-refractivity contribution is -0.154. The zero-order valence-electron chi connectivity index (χ0n) is 22.1. The molecule has 7 atom stereocenters. The van der Waals surface area contributed by atoms with Gasteiger partial charge in [0, 0.05) is 34.5 Å². The molecule has 1 spiro atoms. The van der Waals surface area contributed by atoms with E-state index >= 15 is 0 Å². The Morgan fingerprint density at radius 3 is 2.43 bits per heavy atom. The van der Waals surface area contributed by atoms with Crippen LogP contribution in [0.1, 0.15) is 41.0 Å². The average Bonchev–Trinajstić information content (AvgIpc) is 3.45. The van der Waals surface area contributed by atoms with Crippen molar-refractivity contribution in [3.8, 4) is 0 Å². The van der Waals surface area contributed by atoms with Gasteiger partial charge in [-0.25, -0.2) is 0 Å². The predicted octanol–water partition coefficient (Wildman–Crippen LogP) is 3.52. The number of anilines is 2. The Balaban J connectivity index is 1.71. The van der Waals surface area contributed by atoms with Crippen molar-refractivity contribution >= 4 is 56.9 Å². The summed E-state index contributed by atoms with van der Waals surface area (Å²) >= 11 is 5.31. The number of benzene rings is 1. The van der Waals surface area contributed by atoms with Crippen LogP contribution in [0, 0.1) is 17.8 Å². The fraction of sp³-hybridized carbons (Fsp3) is 0.667. The van der Waals surface area contributed by atoms with E-state index in [9.17, 15) is 19.5 Å². The number of alkyl halides is 1. The minimum atomic E-state index is -0.818. The quantitative estimate of drug-likeness (QED) is 0.315. The lowest BCUT2D eigenvalue weighted by Crippen LogP contribution is -2.56. The van der Waals surface area contributed by atoms with Crippen LogP contribution in [0.25, 0.3) is 0 Å². The molecule has 3 saturated heterocycles. The van der Waals surface area contributed by atoms with Gasteiger partial charge in [-0.3, -0.25) is 14.4 Å². The molecule has 4 rings (SSSR count). The molecule has 2 amide bonds. The van der Waals surface area contributed by atoms with Crippen molar-refractivity contribution in [2.45, 2.75) is 67.9 Å². The van der Waals surface area contributed by atoms with Gasteiger partial charge in [-0.15, -0.1) is 11.8 Å². The maximum Gasteiger partial charge on any atom is 0.310 e. The van der Waals surface area contributed by atoms with E-state index in [-0.39, 0.29) is 47.0 Å². The van der Waals surface area contributed by atoms with E-state index in [0.717, 1.165) is 18.8 Å². The normalized spacial score (nSPS) is 31.0. The van der Waals surface area contributed by atoms with Crippen molar-refractivity contribution in [3.05, 3.63) is 24.3 Å². The zero-order chi connectivity index (χ0) is 27.1. The van der Waals surface area contributed by atoms with Crippen LogP contribution in [-0.4, -0.2) is 81.0 Å². The first-order valence-electron chi connectivity index (χ1n) is 13.2. The van der Waals surface area contributed by atoms with Gasteiger partial charge in [0.05, 0.1) is 35.8 Å². The fourth-order valence-corrected chi connectivity index (χ4v) is 9.99. The molecule has 3 aliphatic rings. The Kier molecular flexibility index (Phi) is 8.50. The first-order valence-corrected chi connectivity index (χ1v) is 15.0. The van der Waals surface area contributed by atoms with Gasteiger partial charge >= 0.3 is 5.97 Å². The number of carbonyl (C=O) groups is 3. The molecule has 3 fully saturated rings. The molecule has 3 heterocycles. The summed E-state index contributed by atoms with van der Waals surface area (Å²) in [5, 5.41) is 13.2. The number of fused-ring (bicyclic) bond motifs is 1. The molecule has 1 aromatic carbocycles. The molecule has 8 nitrogen and oxygen atoms in total. The van der Waals surface area contributed by atoms with E-state index in [1.54, 1.807) is 23.6 Å². The number of ether oxygens (including phenoxy) is 1. The minimum Gasteiger partial charge on any atom is -0.466 e. The van der Waals surface area contributed by atoms with Crippen molar-refractivity contribution in [1.29, 1.82) is 0 Å². The highest BCUT2D eigenvalue weighted by Gasteiger charge is 2.76. The van der Waals surface area contributed by atoms with Crippen molar-refractivity contribution in [2.24, 2.45) is 17.8 Å². The molecule has 0 aliphatic carbocycles. The standard InChI is InChI=1S/C27H38BrN3O5S/c1-6-30(7-2)17-11-9-16(10-12-17)29-24(33)23-27-13-18(28)22(37-27)20(26(35)36-8-3)21(27)25(34)31(23)19(14-32)15(4)5/h9-12,15,18-23,32H,6-8,13-14H2,1-5H3,(H,29,33)/t18?,19-,20-,21-,22-,23?,27?/m0/s1. The molecule has 1 aromatic rings. The van der Waals surface area contributed by atoms with Gasteiger partial charge in [-0.2, -0.15) is 0 Å². The average molecular weight is 597 g/mol. The van der Waals surface area contributed by atoms with Crippen LogP contribution in [0.3, 0.4) is 0 Å². The number of thioether (sulfide) groups is 1. The van der Waals surface area contributed by atoms with Crippen LogP contribution < -0.4 is 10.2 Å². The summed E-state index contributed by atoms with van der Waals surface area (Å²) in [4.78, 5) is 44.9. The number of esters is 1. The number of halogens is 1. The molecule has 0 saturated carbocycles. The zero-order valence-corrected chi connectivity index (χ0v) is 24.5. The Bertz CT molecular complexity index is 1020. The van der Waals surface area contributed by atoms with Crippen molar-refractivity contribution < 1.29 is 24.2 Å². The first kappa shape index (κ1) is 28.2. The molecule has 3 unspecified atom stereocenters. The second-order valence-corrected chi connectivity index (χ2v) is 13.1. The maximum atomic E-state index is 14.0. The van der Waals surface area contributed by atoms with E-state index in [1.807, 2.05) is 38.1 Å². The highest BCUT2D eigenvalue weighted by Crippen LogP contribution is 2.68. The predicted molar refractivity (Wildman–Crippen MR) is 150 cm³/mol. The van der Waals surface area contributed by atoms with E-state index < -0.39 is 28.7 Å². The van der Waals surface area contributed by atoms with Crippen molar-refractivity contribution in [3.63, 3.8) is 0 Å². The fourth-order valence-electron chi connectivity index (χ4n) is 6.41. The summed E-state index contributed by atoms with van der Waals surface area (Å²) < 4.78 is 4.62. The number of rotatable bonds is 10. The van der Waals surface area contributed by atoms with Gasteiger partial charge in [-0.1, -0.05) is 29.8 Å². The molecular formula is C27H38BrN3O5S. The Hall–Kier alpha value is -1.78. The largest absolute Gasteiger partial charge is 0.466 e. The SMILES string of the molecule is CCOC(=O)[C@H]1[C@H]2C(=O)N([C@@H](CO)C(C)C)C(C(=O)Nc3ccc(N(CC)CC)cc3)C23CC(Br)[C@@H]1S3. The summed E-state index contributed by atoms with van der Waals surface area (Å²) in [6, 6.07) is 6.36. The number of likely N-dealkylation sites (tertiary alicyclic amines) is 1. The van der Waals surface area contributed by atoms with Gasteiger partial charge in [0.15, 0.2) is 0 Å². The molecule has 37 heavy (non-hydrogen) atoms. The van der Waals surface area contributed by atoms with Crippen LogP contribution in [0.5, 0.6) is 0 Å². The molecule has 0 radical (unpaired) electrons. The summed E-state index contributed by atoms with van der Waals surface area (Å²) in [6.45, 7) is 11.6.